The van der Waals surface area contributed by atoms with Crippen molar-refractivity contribution in [1.29, 1.82) is 0 Å². The van der Waals surface area contributed by atoms with Gasteiger partial charge in [-0.25, -0.2) is 9.59 Å². The summed E-state index contributed by atoms with van der Waals surface area (Å²) in [5.41, 5.74) is 0. The number of hydrogen-bond acceptors (Lipinski definition) is 6. The Balaban J connectivity index is 2.57. The first-order valence-electron chi connectivity index (χ1n) is 4.74. The fourth-order valence-electron chi connectivity index (χ4n) is 0.952. The van der Waals surface area contributed by atoms with E-state index in [9.17, 15) is 9.59 Å². The zero-order chi connectivity index (χ0) is 13.4. The summed E-state index contributed by atoms with van der Waals surface area (Å²) in [6, 6.07) is 5.67. The second kappa shape index (κ2) is 6.74. The van der Waals surface area contributed by atoms with Crippen LogP contribution in [-0.4, -0.2) is 12.3 Å². The molecule has 1 aromatic carbocycles. The van der Waals surface area contributed by atoms with Crippen molar-refractivity contribution in [3.05, 3.63) is 49.9 Å². The lowest BCUT2D eigenvalue weighted by atomic mass is 10.3. The summed E-state index contributed by atoms with van der Waals surface area (Å²) >= 11 is 0. The van der Waals surface area contributed by atoms with Crippen molar-refractivity contribution in [3.63, 3.8) is 0 Å². The van der Waals surface area contributed by atoms with Crippen LogP contribution in [0, 0.1) is 0 Å². The Morgan fingerprint density at radius 1 is 0.833 bits per heavy atom. The van der Waals surface area contributed by atoms with Crippen LogP contribution in [0.3, 0.4) is 0 Å². The van der Waals surface area contributed by atoms with Crippen molar-refractivity contribution in [1.82, 2.24) is 0 Å². The molecule has 18 heavy (non-hydrogen) atoms. The lowest BCUT2D eigenvalue weighted by Gasteiger charge is -2.04. The third-order valence-electron chi connectivity index (χ3n) is 1.59. The van der Waals surface area contributed by atoms with Crippen LogP contribution in [0.25, 0.3) is 0 Å². The number of rotatable bonds is 4. The minimum Gasteiger partial charge on any atom is -0.403 e. The molecule has 0 atom stereocenters. The molecule has 0 saturated heterocycles. The van der Waals surface area contributed by atoms with E-state index >= 15 is 0 Å². The van der Waals surface area contributed by atoms with Gasteiger partial charge in [-0.05, 0) is 24.3 Å². The fourth-order valence-corrected chi connectivity index (χ4v) is 0.952. The first kappa shape index (κ1) is 13.3. The molecule has 6 nitrogen and oxygen atoms in total. The normalized spacial score (nSPS) is 8.89. The highest BCUT2D eigenvalue weighted by Crippen LogP contribution is 2.18. The van der Waals surface area contributed by atoms with Crippen molar-refractivity contribution in [2.24, 2.45) is 0 Å². The summed E-state index contributed by atoms with van der Waals surface area (Å²) in [4.78, 5) is 21.9. The van der Waals surface area contributed by atoms with Gasteiger partial charge in [-0.3, -0.25) is 0 Å². The molecular weight excluding hydrogens is 240 g/mol. The number of carbonyl (C=O) groups is 2. The molecule has 0 aromatic heterocycles. The van der Waals surface area contributed by atoms with Gasteiger partial charge in [-0.15, -0.1) is 0 Å². The molecule has 0 aliphatic heterocycles. The standard InChI is InChI=1S/C12H10O6/c1-3-15-11(13)17-9-5-7-10(8-6-9)18-12(14)16-4-2/h3-8H,1-2H2. The Hall–Kier alpha value is -2.76. The van der Waals surface area contributed by atoms with Crippen molar-refractivity contribution < 1.29 is 28.5 Å². The minimum absolute atomic E-state index is 0.228. The van der Waals surface area contributed by atoms with Crippen molar-refractivity contribution in [2.75, 3.05) is 0 Å². The Morgan fingerprint density at radius 2 is 1.17 bits per heavy atom. The van der Waals surface area contributed by atoms with Crippen LogP contribution in [0.2, 0.25) is 0 Å². The molecule has 0 bridgehead atoms. The van der Waals surface area contributed by atoms with Gasteiger partial charge in [0.25, 0.3) is 0 Å². The molecular formula is C12H10O6. The minimum atomic E-state index is -0.912. The van der Waals surface area contributed by atoms with Gasteiger partial charge >= 0.3 is 12.3 Å². The zero-order valence-corrected chi connectivity index (χ0v) is 9.33. The predicted molar refractivity (Wildman–Crippen MR) is 61.1 cm³/mol. The van der Waals surface area contributed by atoms with Gasteiger partial charge in [0, 0.05) is 0 Å². The molecule has 94 valence electrons. The highest BCUT2D eigenvalue weighted by molar-refractivity contribution is 5.66. The average Bonchev–Trinajstić information content (AvgIpc) is 2.32. The van der Waals surface area contributed by atoms with E-state index in [-0.39, 0.29) is 11.5 Å². The van der Waals surface area contributed by atoms with Crippen molar-refractivity contribution in [3.8, 4) is 11.5 Å². The van der Waals surface area contributed by atoms with Crippen LogP contribution >= 0.6 is 0 Å². The molecule has 1 aromatic rings. The van der Waals surface area contributed by atoms with E-state index in [1.807, 2.05) is 0 Å². The number of hydrogen-bond donors (Lipinski definition) is 0. The molecule has 0 radical (unpaired) electrons. The van der Waals surface area contributed by atoms with Gasteiger partial charge in [0.15, 0.2) is 0 Å². The second-order valence-corrected chi connectivity index (χ2v) is 2.74. The number of ether oxygens (including phenoxy) is 4. The van der Waals surface area contributed by atoms with Gasteiger partial charge < -0.3 is 18.9 Å². The van der Waals surface area contributed by atoms with Gasteiger partial charge in [-0.2, -0.15) is 0 Å². The summed E-state index contributed by atoms with van der Waals surface area (Å²) in [6.45, 7) is 6.41. The van der Waals surface area contributed by atoms with Gasteiger partial charge in [0.2, 0.25) is 0 Å². The fraction of sp³-hybridized carbons (Fsp3) is 0. The van der Waals surface area contributed by atoms with Crippen LogP contribution in [0.5, 0.6) is 11.5 Å². The number of benzene rings is 1. The molecule has 0 saturated carbocycles. The van der Waals surface area contributed by atoms with E-state index in [2.05, 4.69) is 22.6 Å². The van der Waals surface area contributed by atoms with E-state index in [0.717, 1.165) is 12.5 Å². The molecule has 0 fully saturated rings. The third-order valence-corrected chi connectivity index (χ3v) is 1.59. The van der Waals surface area contributed by atoms with Crippen LogP contribution in [0.1, 0.15) is 0 Å². The maximum absolute atomic E-state index is 10.9. The molecule has 1 rings (SSSR count). The Labute approximate surface area is 103 Å². The zero-order valence-electron chi connectivity index (χ0n) is 9.33. The summed E-state index contributed by atoms with van der Waals surface area (Å²) in [5, 5.41) is 0. The second-order valence-electron chi connectivity index (χ2n) is 2.74. The van der Waals surface area contributed by atoms with Gasteiger partial charge in [0.05, 0.1) is 12.5 Å². The summed E-state index contributed by atoms with van der Waals surface area (Å²) in [7, 11) is 0. The summed E-state index contributed by atoms with van der Waals surface area (Å²) in [6.07, 6.45) is 0.0745. The summed E-state index contributed by atoms with van der Waals surface area (Å²) in [5.74, 6) is 0.456. The molecule has 0 aliphatic carbocycles. The largest absolute Gasteiger partial charge is 0.518 e. The van der Waals surface area contributed by atoms with Gasteiger partial charge in [-0.1, -0.05) is 13.2 Å². The molecule has 0 unspecified atom stereocenters. The van der Waals surface area contributed by atoms with Crippen LogP contribution in [0.4, 0.5) is 9.59 Å². The molecule has 0 spiro atoms. The van der Waals surface area contributed by atoms with Crippen molar-refractivity contribution in [2.45, 2.75) is 0 Å². The lowest BCUT2D eigenvalue weighted by molar-refractivity contribution is 0.133. The highest BCUT2D eigenvalue weighted by Gasteiger charge is 2.07. The SMILES string of the molecule is C=COC(=O)Oc1ccc(OC(=O)OC=C)cc1. The Kier molecular flexibility index (Phi) is 4.98. The molecule has 0 amide bonds. The highest BCUT2D eigenvalue weighted by atomic mass is 16.7. The van der Waals surface area contributed by atoms with Gasteiger partial charge in [0.1, 0.15) is 11.5 Å². The van der Waals surface area contributed by atoms with E-state index < -0.39 is 12.3 Å². The lowest BCUT2D eigenvalue weighted by Crippen LogP contribution is -2.08. The topological polar surface area (TPSA) is 71.1 Å². The van der Waals surface area contributed by atoms with Crippen LogP contribution in [0.15, 0.2) is 49.9 Å². The van der Waals surface area contributed by atoms with E-state index in [1.165, 1.54) is 24.3 Å². The van der Waals surface area contributed by atoms with E-state index in [1.54, 1.807) is 0 Å². The monoisotopic (exact) mass is 250 g/mol. The Bertz CT molecular complexity index is 405. The smallest absolute Gasteiger partial charge is 0.403 e. The maximum atomic E-state index is 10.9. The first-order valence-corrected chi connectivity index (χ1v) is 4.74. The van der Waals surface area contributed by atoms with Crippen molar-refractivity contribution >= 4 is 12.3 Å². The maximum Gasteiger partial charge on any atom is 0.518 e. The quantitative estimate of drug-likeness (QED) is 0.464. The number of carbonyl (C=O) groups excluding carboxylic acids is 2. The molecule has 6 heteroatoms. The van der Waals surface area contributed by atoms with Crippen LogP contribution in [-0.2, 0) is 9.47 Å². The molecule has 0 aliphatic rings. The molecule has 0 N–H and O–H groups in total. The Morgan fingerprint density at radius 3 is 1.44 bits per heavy atom. The van der Waals surface area contributed by atoms with Crippen LogP contribution < -0.4 is 9.47 Å². The average molecular weight is 250 g/mol. The first-order chi connectivity index (χ1) is 8.65. The van der Waals surface area contributed by atoms with E-state index in [4.69, 9.17) is 9.47 Å². The van der Waals surface area contributed by atoms with E-state index in [0.29, 0.717) is 0 Å². The predicted octanol–water partition coefficient (Wildman–Crippen LogP) is 3.00. The molecule has 0 heterocycles. The third kappa shape index (κ3) is 4.40. The summed E-state index contributed by atoms with van der Waals surface area (Å²) < 4.78 is 18.2.